The summed E-state index contributed by atoms with van der Waals surface area (Å²) in [5, 5.41) is 15.6. The number of hydrogen-bond acceptors (Lipinski definition) is 5. The molecule has 1 aromatic heterocycles. The van der Waals surface area contributed by atoms with E-state index in [1.165, 1.54) is 6.07 Å². The third kappa shape index (κ3) is 2.39. The van der Waals surface area contributed by atoms with E-state index in [4.69, 9.17) is 9.52 Å². The summed E-state index contributed by atoms with van der Waals surface area (Å²) < 4.78 is 5.56. The molecular weight excluding hydrogens is 246 g/mol. The van der Waals surface area contributed by atoms with Crippen molar-refractivity contribution in [3.8, 4) is 0 Å². The van der Waals surface area contributed by atoms with Crippen LogP contribution in [0.3, 0.4) is 0 Å². The van der Waals surface area contributed by atoms with E-state index < -0.39 is 5.97 Å². The molecule has 3 rings (SSSR count). The van der Waals surface area contributed by atoms with Crippen LogP contribution >= 0.6 is 0 Å². The van der Waals surface area contributed by atoms with Crippen LogP contribution in [-0.4, -0.2) is 35.2 Å². The Bertz CT molecular complexity index is 602. The first-order valence-corrected chi connectivity index (χ1v) is 6.34. The van der Waals surface area contributed by atoms with E-state index in [2.05, 4.69) is 15.6 Å². The van der Waals surface area contributed by atoms with Crippen LogP contribution in [0.2, 0.25) is 0 Å². The number of fused-ring (bicyclic) bond motifs is 1. The van der Waals surface area contributed by atoms with Gasteiger partial charge in [-0.3, -0.25) is 0 Å². The number of carboxylic acid groups (broad SMARTS) is 1. The van der Waals surface area contributed by atoms with Gasteiger partial charge in [0.15, 0.2) is 5.58 Å². The molecule has 0 bridgehead atoms. The fourth-order valence-electron chi connectivity index (χ4n) is 2.32. The Kier molecular flexibility index (Phi) is 3.08. The van der Waals surface area contributed by atoms with E-state index in [0.717, 1.165) is 25.9 Å². The quantitative estimate of drug-likeness (QED) is 0.779. The summed E-state index contributed by atoms with van der Waals surface area (Å²) in [6.07, 6.45) is 2.01. The topological polar surface area (TPSA) is 87.4 Å². The Morgan fingerprint density at radius 2 is 2.21 bits per heavy atom. The average molecular weight is 261 g/mol. The predicted octanol–water partition coefficient (Wildman–Crippen LogP) is 1.69. The summed E-state index contributed by atoms with van der Waals surface area (Å²) in [5.74, 6) is -0.993. The molecule has 0 unspecified atom stereocenters. The summed E-state index contributed by atoms with van der Waals surface area (Å²) in [7, 11) is 0. The minimum absolute atomic E-state index is 0.166. The molecule has 3 N–H and O–H groups in total. The molecule has 19 heavy (non-hydrogen) atoms. The van der Waals surface area contributed by atoms with Gasteiger partial charge in [0.25, 0.3) is 6.01 Å². The minimum Gasteiger partial charge on any atom is -0.478 e. The molecule has 0 atom stereocenters. The fraction of sp³-hybridized carbons (Fsp3) is 0.385. The summed E-state index contributed by atoms with van der Waals surface area (Å²) >= 11 is 0. The zero-order chi connectivity index (χ0) is 13.2. The van der Waals surface area contributed by atoms with Crippen LogP contribution in [0.1, 0.15) is 23.2 Å². The van der Waals surface area contributed by atoms with Gasteiger partial charge in [0, 0.05) is 6.04 Å². The lowest BCUT2D eigenvalue weighted by Crippen LogP contribution is -2.35. The van der Waals surface area contributed by atoms with Crippen molar-refractivity contribution >= 4 is 23.1 Å². The number of piperidine rings is 1. The van der Waals surface area contributed by atoms with Crippen LogP contribution < -0.4 is 10.6 Å². The van der Waals surface area contributed by atoms with Crippen molar-refractivity contribution in [3.63, 3.8) is 0 Å². The average Bonchev–Trinajstić information content (AvgIpc) is 2.81. The van der Waals surface area contributed by atoms with E-state index in [-0.39, 0.29) is 5.56 Å². The summed E-state index contributed by atoms with van der Waals surface area (Å²) in [6.45, 7) is 1.94. The van der Waals surface area contributed by atoms with E-state index in [0.29, 0.717) is 23.2 Å². The van der Waals surface area contributed by atoms with E-state index >= 15 is 0 Å². The number of carbonyl (C=O) groups is 1. The molecule has 1 fully saturated rings. The summed E-state index contributed by atoms with van der Waals surface area (Å²) in [6, 6.07) is 5.63. The number of anilines is 1. The molecule has 0 saturated carbocycles. The highest BCUT2D eigenvalue weighted by Crippen LogP contribution is 2.23. The van der Waals surface area contributed by atoms with Crippen LogP contribution in [0, 0.1) is 0 Å². The van der Waals surface area contributed by atoms with Gasteiger partial charge < -0.3 is 20.2 Å². The van der Waals surface area contributed by atoms with Crippen LogP contribution in [0.4, 0.5) is 6.01 Å². The van der Waals surface area contributed by atoms with Gasteiger partial charge >= 0.3 is 5.97 Å². The Morgan fingerprint density at radius 3 is 2.95 bits per heavy atom. The van der Waals surface area contributed by atoms with Crippen molar-refractivity contribution in [2.24, 2.45) is 0 Å². The molecule has 0 spiro atoms. The highest BCUT2D eigenvalue weighted by Gasteiger charge is 2.18. The number of rotatable bonds is 3. The van der Waals surface area contributed by atoms with Crippen molar-refractivity contribution < 1.29 is 14.3 Å². The van der Waals surface area contributed by atoms with Crippen molar-refractivity contribution in [1.82, 2.24) is 10.3 Å². The Hall–Kier alpha value is -2.08. The highest BCUT2D eigenvalue weighted by molar-refractivity contribution is 6.00. The molecular formula is C13H15N3O3. The fourth-order valence-corrected chi connectivity index (χ4v) is 2.32. The van der Waals surface area contributed by atoms with Gasteiger partial charge in [-0.1, -0.05) is 6.07 Å². The molecule has 0 aliphatic carbocycles. The minimum atomic E-state index is -0.993. The second-order valence-corrected chi connectivity index (χ2v) is 4.65. The maximum Gasteiger partial charge on any atom is 0.338 e. The maximum absolute atomic E-state index is 11.1. The number of hydrogen-bond donors (Lipinski definition) is 3. The van der Waals surface area contributed by atoms with Gasteiger partial charge in [-0.05, 0) is 38.1 Å². The van der Waals surface area contributed by atoms with Gasteiger partial charge in [-0.15, -0.1) is 0 Å². The van der Waals surface area contributed by atoms with E-state index in [1.54, 1.807) is 12.1 Å². The number of nitrogens with zero attached hydrogens (tertiary/aromatic N) is 1. The Labute approximate surface area is 109 Å². The Morgan fingerprint density at radius 1 is 1.42 bits per heavy atom. The molecule has 6 nitrogen and oxygen atoms in total. The van der Waals surface area contributed by atoms with Crippen molar-refractivity contribution in [2.75, 3.05) is 18.4 Å². The first-order chi connectivity index (χ1) is 9.24. The molecule has 0 radical (unpaired) electrons. The molecule has 0 amide bonds. The SMILES string of the molecule is O=C(O)c1cccc2oc(NC3CCNCC3)nc12. The first-order valence-electron chi connectivity index (χ1n) is 6.34. The molecule has 1 saturated heterocycles. The smallest absolute Gasteiger partial charge is 0.338 e. The second-order valence-electron chi connectivity index (χ2n) is 4.65. The normalized spacial score (nSPS) is 16.6. The number of para-hydroxylation sites is 1. The molecule has 6 heteroatoms. The predicted molar refractivity (Wildman–Crippen MR) is 70.5 cm³/mol. The monoisotopic (exact) mass is 261 g/mol. The van der Waals surface area contributed by atoms with Crippen LogP contribution in [0.15, 0.2) is 22.6 Å². The van der Waals surface area contributed by atoms with E-state index in [1.807, 2.05) is 0 Å². The number of carboxylic acids is 1. The zero-order valence-electron chi connectivity index (χ0n) is 10.3. The van der Waals surface area contributed by atoms with Crippen molar-refractivity contribution in [2.45, 2.75) is 18.9 Å². The Balaban J connectivity index is 1.88. The number of oxazole rings is 1. The van der Waals surface area contributed by atoms with Gasteiger partial charge in [0.05, 0.1) is 5.56 Å². The molecule has 2 aromatic rings. The van der Waals surface area contributed by atoms with Crippen molar-refractivity contribution in [1.29, 1.82) is 0 Å². The van der Waals surface area contributed by atoms with Gasteiger partial charge in [0.1, 0.15) is 5.52 Å². The third-order valence-electron chi connectivity index (χ3n) is 3.32. The van der Waals surface area contributed by atoms with Crippen molar-refractivity contribution in [3.05, 3.63) is 23.8 Å². The second kappa shape index (κ2) is 4.89. The third-order valence-corrected chi connectivity index (χ3v) is 3.32. The van der Waals surface area contributed by atoms with Gasteiger partial charge in [-0.2, -0.15) is 4.98 Å². The molecule has 2 heterocycles. The van der Waals surface area contributed by atoms with Crippen LogP contribution in [0.5, 0.6) is 0 Å². The number of aromatic carboxylic acids is 1. The lowest BCUT2D eigenvalue weighted by Gasteiger charge is -2.22. The summed E-state index contributed by atoms with van der Waals surface area (Å²) in [4.78, 5) is 15.4. The molecule has 100 valence electrons. The highest BCUT2D eigenvalue weighted by atomic mass is 16.4. The van der Waals surface area contributed by atoms with E-state index in [9.17, 15) is 4.79 Å². The number of aromatic nitrogens is 1. The molecule has 1 aromatic carbocycles. The molecule has 1 aliphatic heterocycles. The van der Waals surface area contributed by atoms with Gasteiger partial charge in [-0.25, -0.2) is 4.79 Å². The number of benzene rings is 1. The first kappa shape index (κ1) is 12.0. The molecule has 1 aliphatic rings. The maximum atomic E-state index is 11.1. The lowest BCUT2D eigenvalue weighted by molar-refractivity contribution is 0.0699. The van der Waals surface area contributed by atoms with Crippen LogP contribution in [-0.2, 0) is 0 Å². The van der Waals surface area contributed by atoms with Gasteiger partial charge in [0.2, 0.25) is 0 Å². The zero-order valence-corrected chi connectivity index (χ0v) is 10.3. The lowest BCUT2D eigenvalue weighted by atomic mass is 10.1. The number of nitrogens with one attached hydrogen (secondary N) is 2. The van der Waals surface area contributed by atoms with Crippen LogP contribution in [0.25, 0.3) is 11.1 Å². The largest absolute Gasteiger partial charge is 0.478 e. The standard InChI is InChI=1S/C13H15N3O3/c17-12(18)9-2-1-3-10-11(9)16-13(19-10)15-8-4-6-14-7-5-8/h1-3,8,14H,4-7H2,(H,15,16)(H,17,18). The summed E-state index contributed by atoms with van der Waals surface area (Å²) in [5.41, 5.74) is 1.06.